The zero-order chi connectivity index (χ0) is 13.6. The fourth-order valence-corrected chi connectivity index (χ4v) is 2.02. The summed E-state index contributed by atoms with van der Waals surface area (Å²) in [5, 5.41) is 2.60. The molecular weight excluding hydrogens is 242 g/mol. The maximum absolute atomic E-state index is 11.7. The summed E-state index contributed by atoms with van der Waals surface area (Å²) in [5.41, 5.74) is 5.49. The fraction of sp³-hybridized carbons (Fsp3) is 0.900. The minimum absolute atomic E-state index is 0.0961. The first-order valence-electron chi connectivity index (χ1n) is 5.60. The average Bonchev–Trinajstić information content (AvgIpc) is 2.17. The molecule has 1 amide bonds. The lowest BCUT2D eigenvalue weighted by molar-refractivity contribution is -0.125. The number of hydrogen-bond donors (Lipinski definition) is 2. The van der Waals surface area contributed by atoms with Crippen molar-refractivity contribution in [3.05, 3.63) is 0 Å². The molecule has 1 atom stereocenters. The van der Waals surface area contributed by atoms with E-state index in [1.807, 2.05) is 13.8 Å². The van der Waals surface area contributed by atoms with Gasteiger partial charge in [-0.25, -0.2) is 12.7 Å². The van der Waals surface area contributed by atoms with Gasteiger partial charge in [0.05, 0.1) is 11.7 Å². The lowest BCUT2D eigenvalue weighted by atomic mass is 9.95. The number of hydrogen-bond acceptors (Lipinski definition) is 4. The summed E-state index contributed by atoms with van der Waals surface area (Å²) in [7, 11) is -0.327. The van der Waals surface area contributed by atoms with Gasteiger partial charge in [0.1, 0.15) is 0 Å². The minimum atomic E-state index is -3.26. The van der Waals surface area contributed by atoms with E-state index in [4.69, 9.17) is 5.73 Å². The Balaban J connectivity index is 4.18. The van der Waals surface area contributed by atoms with Crippen LogP contribution in [0.25, 0.3) is 0 Å². The van der Waals surface area contributed by atoms with E-state index in [1.54, 1.807) is 0 Å². The Morgan fingerprint density at radius 3 is 2.24 bits per heavy atom. The molecule has 0 radical (unpaired) electrons. The van der Waals surface area contributed by atoms with Crippen molar-refractivity contribution in [2.24, 2.45) is 17.6 Å². The fourth-order valence-electron chi connectivity index (χ4n) is 1.30. The summed E-state index contributed by atoms with van der Waals surface area (Å²) in [5.74, 6) is -0.403. The smallest absolute Gasteiger partial charge is 0.224 e. The summed E-state index contributed by atoms with van der Waals surface area (Å²) < 4.78 is 24.0. The van der Waals surface area contributed by atoms with Crippen LogP contribution in [-0.2, 0) is 14.8 Å². The van der Waals surface area contributed by atoms with Gasteiger partial charge in [-0.05, 0) is 5.92 Å². The van der Waals surface area contributed by atoms with Crippen molar-refractivity contribution in [3.63, 3.8) is 0 Å². The highest BCUT2D eigenvalue weighted by Gasteiger charge is 2.21. The topological polar surface area (TPSA) is 92.5 Å². The lowest BCUT2D eigenvalue weighted by Crippen LogP contribution is -2.41. The predicted octanol–water partition coefficient (Wildman–Crippen LogP) is -0.775. The van der Waals surface area contributed by atoms with Crippen LogP contribution in [-0.4, -0.2) is 51.6 Å². The molecule has 0 rings (SSSR count). The van der Waals surface area contributed by atoms with Crippen molar-refractivity contribution in [1.29, 1.82) is 0 Å². The molecule has 0 bridgehead atoms. The van der Waals surface area contributed by atoms with Gasteiger partial charge < -0.3 is 11.1 Å². The molecule has 17 heavy (non-hydrogen) atoms. The molecule has 0 fully saturated rings. The molecule has 0 aromatic rings. The first-order valence-corrected chi connectivity index (χ1v) is 7.21. The number of nitrogens with one attached hydrogen (secondary N) is 1. The van der Waals surface area contributed by atoms with E-state index in [0.29, 0.717) is 0 Å². The highest BCUT2D eigenvalue weighted by Crippen LogP contribution is 2.08. The van der Waals surface area contributed by atoms with E-state index >= 15 is 0 Å². The Labute approximate surface area is 104 Å². The van der Waals surface area contributed by atoms with Crippen LogP contribution in [0.2, 0.25) is 0 Å². The molecular formula is C10H23N3O3S. The number of nitrogens with zero attached hydrogens (tertiary/aromatic N) is 1. The van der Waals surface area contributed by atoms with Crippen molar-refractivity contribution in [3.8, 4) is 0 Å². The number of sulfonamides is 1. The third-order valence-electron chi connectivity index (χ3n) is 2.61. The van der Waals surface area contributed by atoms with E-state index in [0.717, 1.165) is 4.31 Å². The second-order valence-corrected chi connectivity index (χ2v) is 6.78. The van der Waals surface area contributed by atoms with Crippen LogP contribution in [0.5, 0.6) is 0 Å². The maximum atomic E-state index is 11.7. The Kier molecular flexibility index (Phi) is 6.66. The third-order valence-corrected chi connectivity index (χ3v) is 4.44. The van der Waals surface area contributed by atoms with E-state index in [2.05, 4.69) is 5.32 Å². The standard InChI is InChI=1S/C10H23N3O3S/c1-8(2)9(7-11)10(14)12-5-6-17(15,16)13(3)4/h8-9H,5-7,11H2,1-4H3,(H,12,14). The van der Waals surface area contributed by atoms with Gasteiger partial charge >= 0.3 is 0 Å². The molecule has 0 heterocycles. The summed E-state index contributed by atoms with van der Waals surface area (Å²) in [6, 6.07) is 0. The SMILES string of the molecule is CC(C)C(CN)C(=O)NCCS(=O)(=O)N(C)C. The number of rotatable bonds is 7. The summed E-state index contributed by atoms with van der Waals surface area (Å²) in [4.78, 5) is 11.7. The Morgan fingerprint density at radius 1 is 1.35 bits per heavy atom. The highest BCUT2D eigenvalue weighted by molar-refractivity contribution is 7.89. The van der Waals surface area contributed by atoms with Crippen LogP contribution in [0.15, 0.2) is 0 Å². The average molecular weight is 265 g/mol. The molecule has 0 saturated heterocycles. The van der Waals surface area contributed by atoms with Crippen LogP contribution < -0.4 is 11.1 Å². The molecule has 1 unspecified atom stereocenters. The number of carbonyl (C=O) groups is 1. The predicted molar refractivity (Wildman–Crippen MR) is 67.9 cm³/mol. The minimum Gasteiger partial charge on any atom is -0.355 e. The van der Waals surface area contributed by atoms with Gasteiger partial charge in [-0.2, -0.15) is 0 Å². The second kappa shape index (κ2) is 6.93. The van der Waals surface area contributed by atoms with Crippen molar-refractivity contribution in [2.45, 2.75) is 13.8 Å². The largest absolute Gasteiger partial charge is 0.355 e. The summed E-state index contributed by atoms with van der Waals surface area (Å²) in [6.07, 6.45) is 0. The van der Waals surface area contributed by atoms with Crippen molar-refractivity contribution in [1.82, 2.24) is 9.62 Å². The molecule has 3 N–H and O–H groups in total. The van der Waals surface area contributed by atoms with Crippen LogP contribution in [0.4, 0.5) is 0 Å². The van der Waals surface area contributed by atoms with Crippen molar-refractivity contribution < 1.29 is 13.2 Å². The van der Waals surface area contributed by atoms with Gasteiger partial charge in [0, 0.05) is 27.2 Å². The highest BCUT2D eigenvalue weighted by atomic mass is 32.2. The van der Waals surface area contributed by atoms with Gasteiger partial charge in [-0.15, -0.1) is 0 Å². The van der Waals surface area contributed by atoms with Crippen LogP contribution >= 0.6 is 0 Å². The lowest BCUT2D eigenvalue weighted by Gasteiger charge is -2.18. The Hall–Kier alpha value is -0.660. The molecule has 0 aliphatic rings. The van der Waals surface area contributed by atoms with Crippen molar-refractivity contribution >= 4 is 15.9 Å². The molecule has 0 aromatic carbocycles. The van der Waals surface area contributed by atoms with Gasteiger partial charge in [0.2, 0.25) is 15.9 Å². The molecule has 0 aliphatic heterocycles. The molecule has 0 aromatic heterocycles. The number of carbonyl (C=O) groups excluding carboxylic acids is 1. The van der Waals surface area contributed by atoms with Gasteiger partial charge in [-0.1, -0.05) is 13.8 Å². The van der Waals surface area contributed by atoms with E-state index in [9.17, 15) is 13.2 Å². The zero-order valence-corrected chi connectivity index (χ0v) is 11.8. The van der Waals surface area contributed by atoms with E-state index in [-0.39, 0.29) is 36.6 Å². The molecule has 0 aliphatic carbocycles. The van der Waals surface area contributed by atoms with E-state index < -0.39 is 10.0 Å². The summed E-state index contributed by atoms with van der Waals surface area (Å²) >= 11 is 0. The van der Waals surface area contributed by atoms with Crippen LogP contribution in [0.3, 0.4) is 0 Å². The Bertz CT molecular complexity index is 339. The molecule has 6 nitrogen and oxygen atoms in total. The quantitative estimate of drug-likeness (QED) is 0.632. The van der Waals surface area contributed by atoms with Gasteiger partial charge in [0.15, 0.2) is 0 Å². The van der Waals surface area contributed by atoms with Crippen LogP contribution in [0, 0.1) is 11.8 Å². The number of nitrogens with two attached hydrogens (primary N) is 1. The number of amides is 1. The van der Waals surface area contributed by atoms with Gasteiger partial charge in [0.25, 0.3) is 0 Å². The van der Waals surface area contributed by atoms with Gasteiger partial charge in [-0.3, -0.25) is 4.79 Å². The third kappa shape index (κ3) is 5.47. The summed E-state index contributed by atoms with van der Waals surface area (Å²) in [6.45, 7) is 4.20. The monoisotopic (exact) mass is 265 g/mol. The molecule has 0 spiro atoms. The normalized spacial score (nSPS) is 14.1. The first-order chi connectivity index (χ1) is 7.72. The molecule has 7 heteroatoms. The maximum Gasteiger partial charge on any atom is 0.224 e. The van der Waals surface area contributed by atoms with Crippen LogP contribution in [0.1, 0.15) is 13.8 Å². The molecule has 0 saturated carbocycles. The van der Waals surface area contributed by atoms with E-state index in [1.165, 1.54) is 14.1 Å². The zero-order valence-electron chi connectivity index (χ0n) is 10.9. The first kappa shape index (κ1) is 16.3. The second-order valence-electron chi connectivity index (χ2n) is 4.48. The van der Waals surface area contributed by atoms with Crippen molar-refractivity contribution in [2.75, 3.05) is 32.9 Å². The Morgan fingerprint density at radius 2 is 1.88 bits per heavy atom. The molecule has 102 valence electrons.